The predicted octanol–water partition coefficient (Wildman–Crippen LogP) is 1.09. The first-order valence-corrected chi connectivity index (χ1v) is 4.01. The highest BCUT2D eigenvalue weighted by molar-refractivity contribution is 5.86. The molecule has 0 saturated heterocycles. The van der Waals surface area contributed by atoms with Gasteiger partial charge in [0.05, 0.1) is 11.9 Å². The molecule has 4 heteroatoms. The van der Waals surface area contributed by atoms with Gasteiger partial charge in [0.15, 0.2) is 0 Å². The maximum absolute atomic E-state index is 4.19. The molecule has 66 valence electrons. The third kappa shape index (κ3) is 1.30. The van der Waals surface area contributed by atoms with Crippen molar-refractivity contribution in [3.8, 4) is 0 Å². The molecule has 0 aromatic carbocycles. The molecule has 0 fully saturated rings. The van der Waals surface area contributed by atoms with E-state index in [1.165, 1.54) is 6.33 Å². The van der Waals surface area contributed by atoms with Crippen molar-refractivity contribution in [2.24, 2.45) is 0 Å². The van der Waals surface area contributed by atoms with Gasteiger partial charge in [-0.05, 0) is 6.07 Å². The minimum Gasteiger partial charge on any atom is -0.376 e. The minimum atomic E-state index is 0.828. The average molecular weight is 174 g/mol. The van der Waals surface area contributed by atoms with Gasteiger partial charge in [-0.3, -0.25) is 4.98 Å². The van der Waals surface area contributed by atoms with E-state index >= 15 is 0 Å². The second-order valence-electron chi connectivity index (χ2n) is 2.98. The van der Waals surface area contributed by atoms with Gasteiger partial charge in [0.25, 0.3) is 0 Å². The van der Waals surface area contributed by atoms with Crippen LogP contribution in [0.5, 0.6) is 0 Å². The van der Waals surface area contributed by atoms with E-state index in [2.05, 4.69) is 15.0 Å². The lowest BCUT2D eigenvalue weighted by Gasteiger charge is -2.13. The summed E-state index contributed by atoms with van der Waals surface area (Å²) in [6, 6.07) is 1.94. The van der Waals surface area contributed by atoms with E-state index < -0.39 is 0 Å². The van der Waals surface area contributed by atoms with Crippen LogP contribution in [0.1, 0.15) is 0 Å². The smallest absolute Gasteiger partial charge is 0.116 e. The van der Waals surface area contributed by atoms with Crippen molar-refractivity contribution in [1.82, 2.24) is 15.0 Å². The minimum absolute atomic E-state index is 0.828. The lowest BCUT2D eigenvalue weighted by atomic mass is 10.3. The Morgan fingerprint density at radius 3 is 2.85 bits per heavy atom. The number of anilines is 1. The zero-order valence-corrected chi connectivity index (χ0v) is 7.60. The van der Waals surface area contributed by atoms with Crippen LogP contribution in [0.25, 0.3) is 11.0 Å². The van der Waals surface area contributed by atoms with Crippen LogP contribution in [-0.2, 0) is 0 Å². The maximum atomic E-state index is 4.19. The molecule has 0 N–H and O–H groups in total. The van der Waals surface area contributed by atoms with E-state index in [0.29, 0.717) is 0 Å². The molecule has 0 aliphatic carbocycles. The van der Waals surface area contributed by atoms with E-state index in [9.17, 15) is 0 Å². The highest BCUT2D eigenvalue weighted by atomic mass is 15.1. The molecular weight excluding hydrogens is 164 g/mol. The Hall–Kier alpha value is -1.71. The van der Waals surface area contributed by atoms with Crippen LogP contribution in [0.3, 0.4) is 0 Å². The van der Waals surface area contributed by atoms with Gasteiger partial charge in [0, 0.05) is 20.3 Å². The molecule has 4 nitrogen and oxygen atoms in total. The largest absolute Gasteiger partial charge is 0.376 e. The van der Waals surface area contributed by atoms with Crippen molar-refractivity contribution in [3.63, 3.8) is 0 Å². The fraction of sp³-hybridized carbons (Fsp3) is 0.222. The topological polar surface area (TPSA) is 41.9 Å². The van der Waals surface area contributed by atoms with Gasteiger partial charge in [0.1, 0.15) is 17.4 Å². The van der Waals surface area contributed by atoms with E-state index in [0.717, 1.165) is 16.7 Å². The van der Waals surface area contributed by atoms with E-state index in [1.807, 2.05) is 25.1 Å². The lowest BCUT2D eigenvalue weighted by Crippen LogP contribution is -2.09. The lowest BCUT2D eigenvalue weighted by molar-refractivity contribution is 1.11. The molecule has 2 aromatic heterocycles. The van der Waals surface area contributed by atoms with Crippen LogP contribution < -0.4 is 4.90 Å². The number of aromatic nitrogens is 3. The molecule has 0 unspecified atom stereocenters. The first-order valence-electron chi connectivity index (χ1n) is 4.01. The molecule has 0 amide bonds. The van der Waals surface area contributed by atoms with Gasteiger partial charge in [0.2, 0.25) is 0 Å². The Kier molecular flexibility index (Phi) is 1.81. The highest BCUT2D eigenvalue weighted by Crippen LogP contribution is 2.19. The fourth-order valence-electron chi connectivity index (χ4n) is 1.24. The van der Waals surface area contributed by atoms with Crippen molar-refractivity contribution in [1.29, 1.82) is 0 Å². The quantitative estimate of drug-likeness (QED) is 0.649. The number of hydrogen-bond donors (Lipinski definition) is 0. The molecule has 13 heavy (non-hydrogen) atoms. The van der Waals surface area contributed by atoms with E-state index in [-0.39, 0.29) is 0 Å². The van der Waals surface area contributed by atoms with Gasteiger partial charge in [-0.1, -0.05) is 0 Å². The summed E-state index contributed by atoms with van der Waals surface area (Å²) in [5.74, 6) is 0. The van der Waals surface area contributed by atoms with E-state index in [4.69, 9.17) is 0 Å². The number of fused-ring (bicyclic) bond motifs is 1. The second-order valence-corrected chi connectivity index (χ2v) is 2.98. The summed E-state index contributed by atoms with van der Waals surface area (Å²) in [6.07, 6.45) is 5.02. The third-order valence-electron chi connectivity index (χ3n) is 1.86. The van der Waals surface area contributed by atoms with Gasteiger partial charge in [-0.25, -0.2) is 9.97 Å². The van der Waals surface area contributed by atoms with Crippen molar-refractivity contribution in [3.05, 3.63) is 24.8 Å². The summed E-state index contributed by atoms with van der Waals surface area (Å²) in [6.45, 7) is 0. The van der Waals surface area contributed by atoms with Gasteiger partial charge >= 0.3 is 0 Å². The van der Waals surface area contributed by atoms with Gasteiger partial charge in [-0.15, -0.1) is 0 Å². The summed E-state index contributed by atoms with van der Waals surface area (Å²) < 4.78 is 0. The zero-order chi connectivity index (χ0) is 9.26. The molecule has 0 radical (unpaired) electrons. The molecule has 2 aromatic rings. The summed E-state index contributed by atoms with van der Waals surface area (Å²) in [7, 11) is 3.97. The van der Waals surface area contributed by atoms with Crippen LogP contribution in [0, 0.1) is 0 Å². The molecule has 0 aliphatic rings. The Labute approximate surface area is 76.3 Å². The summed E-state index contributed by atoms with van der Waals surface area (Å²) in [5.41, 5.74) is 2.78. The van der Waals surface area contributed by atoms with Gasteiger partial charge < -0.3 is 4.90 Å². The highest BCUT2D eigenvalue weighted by Gasteiger charge is 2.03. The third-order valence-corrected chi connectivity index (χ3v) is 1.86. The molecule has 2 heterocycles. The van der Waals surface area contributed by atoms with Crippen LogP contribution in [0.15, 0.2) is 24.8 Å². The first-order chi connectivity index (χ1) is 6.29. The summed E-state index contributed by atoms with van der Waals surface area (Å²) in [4.78, 5) is 14.3. The Morgan fingerprint density at radius 2 is 2.08 bits per heavy atom. The molecule has 0 saturated carbocycles. The van der Waals surface area contributed by atoms with Crippen LogP contribution in [-0.4, -0.2) is 29.0 Å². The summed E-state index contributed by atoms with van der Waals surface area (Å²) in [5, 5.41) is 0. The zero-order valence-electron chi connectivity index (χ0n) is 7.60. The molecule has 0 bridgehead atoms. The standard InChI is InChI=1S/C9H10N4/c1-13(2)8-3-4-11-7-5-10-6-12-9(7)8/h3-6H,1-2H3. The van der Waals surface area contributed by atoms with Gasteiger partial charge in [-0.2, -0.15) is 0 Å². The number of hydrogen-bond acceptors (Lipinski definition) is 4. The Morgan fingerprint density at radius 1 is 1.23 bits per heavy atom. The van der Waals surface area contributed by atoms with Crippen molar-refractivity contribution in [2.75, 3.05) is 19.0 Å². The second kappa shape index (κ2) is 2.97. The van der Waals surface area contributed by atoms with Crippen LogP contribution in [0.4, 0.5) is 5.69 Å². The number of rotatable bonds is 1. The molecule has 0 spiro atoms. The number of nitrogens with zero attached hydrogens (tertiary/aromatic N) is 4. The Bertz CT molecular complexity index is 419. The molecule has 2 rings (SSSR count). The predicted molar refractivity (Wildman–Crippen MR) is 51.7 cm³/mol. The maximum Gasteiger partial charge on any atom is 0.116 e. The molecular formula is C9H10N4. The van der Waals surface area contributed by atoms with Crippen LogP contribution >= 0.6 is 0 Å². The van der Waals surface area contributed by atoms with E-state index in [1.54, 1.807) is 12.4 Å². The average Bonchev–Trinajstić information content (AvgIpc) is 2.17. The van der Waals surface area contributed by atoms with Crippen molar-refractivity contribution >= 4 is 16.7 Å². The van der Waals surface area contributed by atoms with Crippen molar-refractivity contribution in [2.45, 2.75) is 0 Å². The monoisotopic (exact) mass is 174 g/mol. The SMILES string of the molecule is CN(C)c1ccnc2cncnc12. The molecule has 0 atom stereocenters. The normalized spacial score (nSPS) is 10.3. The Balaban J connectivity index is 2.76. The summed E-state index contributed by atoms with van der Waals surface area (Å²) >= 11 is 0. The number of pyridine rings is 1. The van der Waals surface area contributed by atoms with Crippen LogP contribution in [0.2, 0.25) is 0 Å². The first kappa shape index (κ1) is 7.91. The molecule has 0 aliphatic heterocycles. The van der Waals surface area contributed by atoms with Crippen molar-refractivity contribution < 1.29 is 0 Å². The fourth-order valence-corrected chi connectivity index (χ4v) is 1.24.